The summed E-state index contributed by atoms with van der Waals surface area (Å²) in [4.78, 5) is 5.00. The Labute approximate surface area is 202 Å². The first kappa shape index (κ1) is 20.2. The van der Waals surface area contributed by atoms with Gasteiger partial charge in [0.05, 0.1) is 16.6 Å². The van der Waals surface area contributed by atoms with Crippen molar-refractivity contribution in [2.24, 2.45) is 0 Å². The third-order valence-electron chi connectivity index (χ3n) is 6.84. The molecule has 5 aromatic carbocycles. The van der Waals surface area contributed by atoms with Gasteiger partial charge in [-0.05, 0) is 35.7 Å². The zero-order chi connectivity index (χ0) is 23.4. The van der Waals surface area contributed by atoms with Crippen molar-refractivity contribution < 1.29 is 4.57 Å². The average Bonchev–Trinajstić information content (AvgIpc) is 3.33. The largest absolute Gasteiger partial charge is 0.309 e. The van der Waals surface area contributed by atoms with E-state index in [-0.39, 0.29) is 0 Å². The van der Waals surface area contributed by atoms with Gasteiger partial charge in [-0.1, -0.05) is 97.1 Å². The van der Waals surface area contributed by atoms with Gasteiger partial charge in [0.15, 0.2) is 7.14 Å². The molecule has 0 saturated heterocycles. The maximum atomic E-state index is 15.0. The number of hydrogen-bond donors (Lipinski definition) is 0. The molecule has 35 heavy (non-hydrogen) atoms. The molecule has 0 aliphatic rings. The van der Waals surface area contributed by atoms with Crippen LogP contribution in [-0.2, 0) is 4.57 Å². The van der Waals surface area contributed by atoms with E-state index in [2.05, 4.69) is 59.0 Å². The summed E-state index contributed by atoms with van der Waals surface area (Å²) in [6, 6.07) is 42.5. The highest BCUT2D eigenvalue weighted by Gasteiger charge is 2.30. The van der Waals surface area contributed by atoms with Crippen molar-refractivity contribution in [1.82, 2.24) is 9.38 Å². The van der Waals surface area contributed by atoms with Crippen LogP contribution in [0.1, 0.15) is 0 Å². The normalized spacial score (nSPS) is 12.1. The molecule has 0 N–H and O–H groups in total. The predicted octanol–water partition coefficient (Wildman–Crippen LogP) is 6.43. The van der Waals surface area contributed by atoms with Crippen LogP contribution in [0.25, 0.3) is 38.4 Å². The molecule has 0 bridgehead atoms. The van der Waals surface area contributed by atoms with E-state index in [1.54, 1.807) is 0 Å². The van der Waals surface area contributed by atoms with Crippen LogP contribution in [-0.4, -0.2) is 9.38 Å². The average molecular weight is 468 g/mol. The van der Waals surface area contributed by atoms with Gasteiger partial charge in [-0.15, -0.1) is 0 Å². The SMILES string of the molecule is O=P(c1ccccc1)(c1ccccc1)c1ccc2c(c1)c1ccccc1n1c3ccccc3nc21. The van der Waals surface area contributed by atoms with Crippen molar-refractivity contribution in [3.05, 3.63) is 127 Å². The molecule has 0 aliphatic heterocycles. The van der Waals surface area contributed by atoms with Gasteiger partial charge < -0.3 is 4.57 Å². The topological polar surface area (TPSA) is 34.4 Å². The maximum Gasteiger partial charge on any atom is 0.171 e. The summed E-state index contributed by atoms with van der Waals surface area (Å²) in [6.07, 6.45) is 0. The lowest BCUT2D eigenvalue weighted by atomic mass is 10.1. The molecule has 0 atom stereocenters. The van der Waals surface area contributed by atoms with Crippen LogP contribution in [0.5, 0.6) is 0 Å². The lowest BCUT2D eigenvalue weighted by Gasteiger charge is -2.21. The van der Waals surface area contributed by atoms with E-state index in [1.807, 2.05) is 72.8 Å². The zero-order valence-electron chi connectivity index (χ0n) is 18.9. The van der Waals surface area contributed by atoms with Crippen LogP contribution < -0.4 is 15.9 Å². The number of aromatic nitrogens is 2. The molecule has 0 saturated carbocycles. The number of benzene rings is 5. The molecule has 7 aromatic rings. The molecule has 2 aromatic heterocycles. The van der Waals surface area contributed by atoms with Crippen molar-refractivity contribution in [3.63, 3.8) is 0 Å². The highest BCUT2D eigenvalue weighted by atomic mass is 31.2. The first-order chi connectivity index (χ1) is 17.2. The summed E-state index contributed by atoms with van der Waals surface area (Å²) in [5.74, 6) is 0. The van der Waals surface area contributed by atoms with Gasteiger partial charge in [0.25, 0.3) is 0 Å². The smallest absolute Gasteiger partial charge is 0.171 e. The van der Waals surface area contributed by atoms with Crippen LogP contribution in [0.3, 0.4) is 0 Å². The fourth-order valence-electron chi connectivity index (χ4n) is 5.22. The van der Waals surface area contributed by atoms with Gasteiger partial charge in [0.2, 0.25) is 0 Å². The first-order valence-corrected chi connectivity index (χ1v) is 13.4. The molecule has 0 spiro atoms. The van der Waals surface area contributed by atoms with E-state index in [9.17, 15) is 4.57 Å². The molecule has 7 rings (SSSR count). The Hall–Kier alpha value is -4.20. The standard InChI is InChI=1S/C31H21N2OP/c34-35(22-11-3-1-4-12-22,23-13-5-2-6-14-23)24-19-20-26-27(21-24)25-15-7-9-17-29(25)33-30-18-10-8-16-28(30)32-31(26)33/h1-21H. The predicted molar refractivity (Wildman–Crippen MR) is 147 cm³/mol. The molecular weight excluding hydrogens is 447 g/mol. The van der Waals surface area contributed by atoms with E-state index >= 15 is 0 Å². The summed E-state index contributed by atoms with van der Waals surface area (Å²) in [7, 11) is -3.07. The van der Waals surface area contributed by atoms with Gasteiger partial charge in [0.1, 0.15) is 5.65 Å². The Kier molecular flexibility index (Phi) is 4.42. The van der Waals surface area contributed by atoms with Crippen LogP contribution in [0.2, 0.25) is 0 Å². The number of para-hydroxylation sites is 3. The third-order valence-corrected chi connectivity index (χ3v) is 9.90. The summed E-state index contributed by atoms with van der Waals surface area (Å²) in [5, 5.41) is 5.73. The van der Waals surface area contributed by atoms with Crippen LogP contribution in [0.4, 0.5) is 0 Å². The molecule has 166 valence electrons. The Morgan fingerprint density at radius 3 is 1.83 bits per heavy atom. The Morgan fingerprint density at radius 1 is 0.514 bits per heavy atom. The molecule has 4 heteroatoms. The van der Waals surface area contributed by atoms with Gasteiger partial charge in [0, 0.05) is 26.7 Å². The second kappa shape index (κ2) is 7.66. The quantitative estimate of drug-likeness (QED) is 0.221. The van der Waals surface area contributed by atoms with Crippen LogP contribution >= 0.6 is 7.14 Å². The maximum absolute atomic E-state index is 15.0. The van der Waals surface area contributed by atoms with Crippen molar-refractivity contribution in [1.29, 1.82) is 0 Å². The molecule has 0 aliphatic carbocycles. The lowest BCUT2D eigenvalue weighted by Crippen LogP contribution is -2.24. The lowest BCUT2D eigenvalue weighted by molar-refractivity contribution is 0.592. The number of rotatable bonds is 3. The minimum Gasteiger partial charge on any atom is -0.309 e. The monoisotopic (exact) mass is 468 g/mol. The summed E-state index contributed by atoms with van der Waals surface area (Å²) in [6.45, 7) is 0. The minimum absolute atomic E-state index is 0.827. The second-order valence-corrected chi connectivity index (χ2v) is 11.6. The summed E-state index contributed by atoms with van der Waals surface area (Å²) in [5.41, 5.74) is 4.06. The molecule has 2 heterocycles. The van der Waals surface area contributed by atoms with Crippen LogP contribution in [0.15, 0.2) is 127 Å². The number of nitrogens with zero attached hydrogens (tertiary/aromatic N) is 2. The Morgan fingerprint density at radius 2 is 1.11 bits per heavy atom. The van der Waals surface area contributed by atoms with Crippen molar-refractivity contribution >= 4 is 61.4 Å². The fourth-order valence-corrected chi connectivity index (χ4v) is 7.89. The minimum atomic E-state index is -3.07. The van der Waals surface area contributed by atoms with Crippen molar-refractivity contribution in [2.45, 2.75) is 0 Å². The van der Waals surface area contributed by atoms with Gasteiger partial charge >= 0.3 is 0 Å². The van der Waals surface area contributed by atoms with E-state index in [4.69, 9.17) is 4.98 Å². The molecular formula is C31H21N2OP. The van der Waals surface area contributed by atoms with Gasteiger partial charge in [-0.3, -0.25) is 4.40 Å². The van der Waals surface area contributed by atoms with E-state index in [0.29, 0.717) is 0 Å². The number of imidazole rings is 1. The van der Waals surface area contributed by atoms with E-state index in [0.717, 1.165) is 54.3 Å². The second-order valence-electron chi connectivity index (χ2n) is 8.79. The van der Waals surface area contributed by atoms with Crippen LogP contribution in [0, 0.1) is 0 Å². The van der Waals surface area contributed by atoms with Crippen molar-refractivity contribution in [3.8, 4) is 0 Å². The van der Waals surface area contributed by atoms with E-state index in [1.165, 1.54) is 0 Å². The molecule has 0 fully saturated rings. The molecule has 0 amide bonds. The third kappa shape index (κ3) is 2.92. The number of fused-ring (bicyclic) bond motifs is 8. The highest BCUT2D eigenvalue weighted by molar-refractivity contribution is 7.85. The van der Waals surface area contributed by atoms with E-state index < -0.39 is 7.14 Å². The number of hydrogen-bond acceptors (Lipinski definition) is 2. The summed E-state index contributed by atoms with van der Waals surface area (Å²) >= 11 is 0. The van der Waals surface area contributed by atoms with Crippen molar-refractivity contribution in [2.75, 3.05) is 0 Å². The first-order valence-electron chi connectivity index (χ1n) is 11.7. The fraction of sp³-hybridized carbons (Fsp3) is 0. The Balaban J connectivity index is 1.62. The zero-order valence-corrected chi connectivity index (χ0v) is 19.8. The highest BCUT2D eigenvalue weighted by Crippen LogP contribution is 2.43. The Bertz CT molecular complexity index is 1880. The van der Waals surface area contributed by atoms with Gasteiger partial charge in [-0.2, -0.15) is 0 Å². The molecule has 0 unspecified atom stereocenters. The van der Waals surface area contributed by atoms with Gasteiger partial charge in [-0.25, -0.2) is 4.98 Å². The number of pyridine rings is 1. The molecule has 3 nitrogen and oxygen atoms in total. The summed E-state index contributed by atoms with van der Waals surface area (Å²) < 4.78 is 17.2. The molecule has 0 radical (unpaired) electrons.